The van der Waals surface area contributed by atoms with Crippen LogP contribution in [0.15, 0.2) is 90.0 Å². The van der Waals surface area contributed by atoms with E-state index in [1.807, 2.05) is 30.3 Å². The second-order valence-corrected chi connectivity index (χ2v) is 7.65. The minimum absolute atomic E-state index is 0.243. The predicted octanol–water partition coefficient (Wildman–Crippen LogP) is 4.28. The van der Waals surface area contributed by atoms with Crippen LogP contribution in [-0.2, 0) is 17.5 Å². The van der Waals surface area contributed by atoms with Gasteiger partial charge in [0.2, 0.25) is 0 Å². The van der Waals surface area contributed by atoms with Gasteiger partial charge < -0.3 is 5.32 Å². The zero-order valence-electron chi connectivity index (χ0n) is 14.8. The third-order valence-corrected chi connectivity index (χ3v) is 5.78. The number of hydrogen-bond donors (Lipinski definition) is 1. The van der Waals surface area contributed by atoms with Gasteiger partial charge in [-0.3, -0.25) is 8.77 Å². The zero-order chi connectivity index (χ0) is 19.5. The number of hydrogen-bond acceptors (Lipinski definition) is 2. The number of para-hydroxylation sites is 1. The Morgan fingerprint density at radius 3 is 2.39 bits per heavy atom. The van der Waals surface area contributed by atoms with Gasteiger partial charge >= 0.3 is 0 Å². The average molecular weight is 392 g/mol. The SMILES string of the molecule is O=C(NCc1ccc(F)cc1)c1ccc(S(=O)n2ccc3ccccc32)cc1. The highest BCUT2D eigenvalue weighted by Gasteiger charge is 2.11. The molecule has 0 fully saturated rings. The summed E-state index contributed by atoms with van der Waals surface area (Å²) in [4.78, 5) is 12.9. The number of amides is 1. The summed E-state index contributed by atoms with van der Waals surface area (Å²) in [5.41, 5.74) is 2.18. The second-order valence-electron chi connectivity index (χ2n) is 6.28. The van der Waals surface area contributed by atoms with E-state index in [0.29, 0.717) is 17.0 Å². The second kappa shape index (κ2) is 7.78. The number of nitrogens with zero attached hydrogens (tertiary/aromatic N) is 1. The van der Waals surface area contributed by atoms with Crippen LogP contribution in [0.4, 0.5) is 4.39 Å². The molecule has 0 spiro atoms. The molecule has 1 unspecified atom stereocenters. The molecule has 0 aliphatic heterocycles. The number of carbonyl (C=O) groups is 1. The van der Waals surface area contributed by atoms with Crippen LogP contribution < -0.4 is 5.32 Å². The molecule has 6 heteroatoms. The molecule has 28 heavy (non-hydrogen) atoms. The fourth-order valence-corrected chi connectivity index (χ4v) is 4.04. The van der Waals surface area contributed by atoms with Crippen LogP contribution in [0.3, 0.4) is 0 Å². The van der Waals surface area contributed by atoms with E-state index < -0.39 is 11.0 Å². The van der Waals surface area contributed by atoms with Crippen molar-refractivity contribution in [2.45, 2.75) is 11.4 Å². The Morgan fingerprint density at radius 2 is 1.64 bits per heavy atom. The van der Waals surface area contributed by atoms with Crippen molar-refractivity contribution in [2.24, 2.45) is 0 Å². The third kappa shape index (κ3) is 3.73. The Labute approximate surface area is 164 Å². The van der Waals surface area contributed by atoms with Gasteiger partial charge in [0.25, 0.3) is 5.91 Å². The van der Waals surface area contributed by atoms with E-state index in [2.05, 4.69) is 5.32 Å². The monoisotopic (exact) mass is 392 g/mol. The van der Waals surface area contributed by atoms with Gasteiger partial charge in [-0.1, -0.05) is 30.3 Å². The Bertz CT molecular complexity index is 1150. The summed E-state index contributed by atoms with van der Waals surface area (Å²) in [5, 5.41) is 3.81. The molecular formula is C22H17FN2O2S. The van der Waals surface area contributed by atoms with Crippen molar-refractivity contribution < 1.29 is 13.4 Å². The van der Waals surface area contributed by atoms with Crippen molar-refractivity contribution in [1.29, 1.82) is 0 Å². The first-order chi connectivity index (χ1) is 13.6. The van der Waals surface area contributed by atoms with Gasteiger partial charge in [-0.05, 0) is 54.1 Å². The highest BCUT2D eigenvalue weighted by atomic mass is 32.2. The number of fused-ring (bicyclic) bond motifs is 1. The Kier molecular flexibility index (Phi) is 5.04. The molecule has 1 aromatic heterocycles. The summed E-state index contributed by atoms with van der Waals surface area (Å²) in [5.74, 6) is -0.554. The van der Waals surface area contributed by atoms with Crippen molar-refractivity contribution in [3.8, 4) is 0 Å². The fraction of sp³-hybridized carbons (Fsp3) is 0.0455. The normalized spacial score (nSPS) is 12.0. The van der Waals surface area contributed by atoms with Crippen LogP contribution in [0.1, 0.15) is 15.9 Å². The van der Waals surface area contributed by atoms with E-state index in [4.69, 9.17) is 0 Å². The van der Waals surface area contributed by atoms with Gasteiger partial charge in [-0.25, -0.2) is 8.60 Å². The Hall–Kier alpha value is -3.25. The molecular weight excluding hydrogens is 375 g/mol. The lowest BCUT2D eigenvalue weighted by molar-refractivity contribution is 0.0951. The Morgan fingerprint density at radius 1 is 0.929 bits per heavy atom. The highest BCUT2D eigenvalue weighted by molar-refractivity contribution is 7.83. The lowest BCUT2D eigenvalue weighted by atomic mass is 10.2. The maximum Gasteiger partial charge on any atom is 0.251 e. The standard InChI is InChI=1S/C22H17FN2O2S/c23-19-9-5-16(6-10-19)15-24-22(26)18-7-11-20(12-8-18)28(27)25-14-13-17-3-1-2-4-21(17)25/h1-14H,15H2,(H,24,26). The van der Waals surface area contributed by atoms with Crippen LogP contribution in [0, 0.1) is 5.82 Å². The highest BCUT2D eigenvalue weighted by Crippen LogP contribution is 2.19. The van der Waals surface area contributed by atoms with Crippen molar-refractivity contribution in [1.82, 2.24) is 9.29 Å². The number of aromatic nitrogens is 1. The summed E-state index contributed by atoms with van der Waals surface area (Å²) in [6.07, 6.45) is 1.80. The van der Waals surface area contributed by atoms with Crippen LogP contribution in [0.5, 0.6) is 0 Å². The molecule has 0 radical (unpaired) electrons. The first-order valence-corrected chi connectivity index (χ1v) is 9.83. The van der Waals surface area contributed by atoms with Crippen LogP contribution in [0.2, 0.25) is 0 Å². The van der Waals surface area contributed by atoms with Crippen molar-refractivity contribution in [3.63, 3.8) is 0 Å². The minimum Gasteiger partial charge on any atom is -0.348 e. The fourth-order valence-electron chi connectivity index (χ4n) is 2.93. The number of carbonyl (C=O) groups excluding carboxylic acids is 1. The lowest BCUT2D eigenvalue weighted by Gasteiger charge is -2.08. The van der Waals surface area contributed by atoms with Gasteiger partial charge in [0.05, 0.1) is 10.4 Å². The molecule has 1 heterocycles. The molecule has 0 aliphatic carbocycles. The average Bonchev–Trinajstić information content (AvgIpc) is 3.17. The molecule has 140 valence electrons. The van der Waals surface area contributed by atoms with E-state index in [1.54, 1.807) is 46.6 Å². The molecule has 1 amide bonds. The topological polar surface area (TPSA) is 51.1 Å². The van der Waals surface area contributed by atoms with E-state index in [9.17, 15) is 13.4 Å². The smallest absolute Gasteiger partial charge is 0.251 e. The minimum atomic E-state index is -1.40. The summed E-state index contributed by atoms with van der Waals surface area (Å²) >= 11 is 0. The number of benzene rings is 3. The van der Waals surface area contributed by atoms with Gasteiger partial charge in [0, 0.05) is 23.7 Å². The molecule has 1 atom stereocenters. The molecule has 0 saturated heterocycles. The third-order valence-electron chi connectivity index (χ3n) is 4.43. The first-order valence-electron chi connectivity index (χ1n) is 8.73. The predicted molar refractivity (Wildman–Crippen MR) is 108 cm³/mol. The summed E-state index contributed by atoms with van der Waals surface area (Å²) in [6.45, 7) is 0.308. The first kappa shape index (κ1) is 18.1. The largest absolute Gasteiger partial charge is 0.348 e. The molecule has 0 aliphatic rings. The maximum atomic E-state index is 12.9. The van der Waals surface area contributed by atoms with Gasteiger partial charge in [-0.2, -0.15) is 0 Å². The molecule has 4 nitrogen and oxygen atoms in total. The molecule has 4 aromatic rings. The van der Waals surface area contributed by atoms with Crippen molar-refractivity contribution in [2.75, 3.05) is 0 Å². The van der Waals surface area contributed by atoms with E-state index in [-0.39, 0.29) is 11.7 Å². The lowest BCUT2D eigenvalue weighted by Crippen LogP contribution is -2.22. The zero-order valence-corrected chi connectivity index (χ0v) is 15.7. The van der Waals surface area contributed by atoms with Gasteiger partial charge in [-0.15, -0.1) is 0 Å². The number of halogens is 1. The Balaban J connectivity index is 1.46. The van der Waals surface area contributed by atoms with E-state index in [0.717, 1.165) is 16.5 Å². The van der Waals surface area contributed by atoms with Crippen LogP contribution in [-0.4, -0.2) is 14.1 Å². The quantitative estimate of drug-likeness (QED) is 0.551. The van der Waals surface area contributed by atoms with E-state index >= 15 is 0 Å². The molecule has 1 N–H and O–H groups in total. The molecule has 3 aromatic carbocycles. The summed E-state index contributed by atoms with van der Waals surface area (Å²) in [6, 6.07) is 22.3. The summed E-state index contributed by atoms with van der Waals surface area (Å²) < 4.78 is 27.5. The summed E-state index contributed by atoms with van der Waals surface area (Å²) in [7, 11) is -1.40. The number of nitrogens with one attached hydrogen (secondary N) is 1. The molecule has 0 saturated carbocycles. The van der Waals surface area contributed by atoms with Crippen LogP contribution >= 0.6 is 0 Å². The van der Waals surface area contributed by atoms with Gasteiger partial charge in [0.15, 0.2) is 11.0 Å². The van der Waals surface area contributed by atoms with Crippen molar-refractivity contribution in [3.05, 3.63) is 102 Å². The number of rotatable bonds is 5. The molecule has 0 bridgehead atoms. The molecule has 4 rings (SSSR count). The maximum absolute atomic E-state index is 12.9. The van der Waals surface area contributed by atoms with E-state index in [1.165, 1.54) is 12.1 Å². The van der Waals surface area contributed by atoms with Crippen LogP contribution in [0.25, 0.3) is 10.9 Å². The van der Waals surface area contributed by atoms with Crippen molar-refractivity contribution >= 4 is 27.8 Å². The van der Waals surface area contributed by atoms with Gasteiger partial charge in [0.1, 0.15) is 5.82 Å².